The number of hydrogen-bond acceptors (Lipinski definition) is 5. The van der Waals surface area contributed by atoms with Crippen molar-refractivity contribution in [3.63, 3.8) is 0 Å². The summed E-state index contributed by atoms with van der Waals surface area (Å²) >= 11 is 0. The summed E-state index contributed by atoms with van der Waals surface area (Å²) in [6, 6.07) is 9.64. The summed E-state index contributed by atoms with van der Waals surface area (Å²) in [5.74, 6) is -7.02. The number of fused-ring (bicyclic) bond motifs is 1. The molecular formula is C28H19F7N2O4. The minimum absolute atomic E-state index is 0.0959. The van der Waals surface area contributed by atoms with E-state index in [1.54, 1.807) is 0 Å². The van der Waals surface area contributed by atoms with Crippen LogP contribution >= 0.6 is 0 Å². The number of esters is 1. The van der Waals surface area contributed by atoms with Gasteiger partial charge in [0.05, 0.1) is 41.3 Å². The number of hydrogen-bond donors (Lipinski definition) is 1. The smallest absolute Gasteiger partial charge is 0.416 e. The van der Waals surface area contributed by atoms with Crippen molar-refractivity contribution in [2.75, 3.05) is 12.0 Å². The lowest BCUT2D eigenvalue weighted by atomic mass is 9.71. The average Bonchev–Trinajstić information content (AvgIpc) is 3.42. The minimum Gasteiger partial charge on any atom is -0.468 e. The van der Waals surface area contributed by atoms with Gasteiger partial charge in [-0.15, -0.1) is 0 Å². The normalized spacial score (nSPS) is 22.1. The molecule has 0 aliphatic carbocycles. The largest absolute Gasteiger partial charge is 0.468 e. The van der Waals surface area contributed by atoms with Gasteiger partial charge in [0.15, 0.2) is 0 Å². The Balaban J connectivity index is 1.81. The van der Waals surface area contributed by atoms with Crippen LogP contribution in [0.2, 0.25) is 0 Å². The fourth-order valence-corrected chi connectivity index (χ4v) is 5.66. The van der Waals surface area contributed by atoms with Crippen molar-refractivity contribution >= 4 is 23.5 Å². The zero-order valence-corrected chi connectivity index (χ0v) is 20.9. The van der Waals surface area contributed by atoms with Crippen LogP contribution in [0.5, 0.6) is 0 Å². The van der Waals surface area contributed by atoms with E-state index in [4.69, 9.17) is 4.74 Å². The molecule has 2 fully saturated rings. The molecule has 0 radical (unpaired) electrons. The van der Waals surface area contributed by atoms with Crippen LogP contribution in [-0.2, 0) is 37.0 Å². The second-order valence-electron chi connectivity index (χ2n) is 9.60. The molecule has 0 spiro atoms. The zero-order valence-electron chi connectivity index (χ0n) is 20.9. The Kier molecular flexibility index (Phi) is 6.68. The van der Waals surface area contributed by atoms with Crippen molar-refractivity contribution in [3.8, 4) is 0 Å². The molecule has 5 rings (SSSR count). The first-order chi connectivity index (χ1) is 19.2. The number of alkyl halides is 6. The Labute approximate surface area is 227 Å². The van der Waals surface area contributed by atoms with Gasteiger partial charge in [0.1, 0.15) is 11.9 Å². The highest BCUT2D eigenvalue weighted by molar-refractivity contribution is 6.24. The van der Waals surface area contributed by atoms with Crippen molar-refractivity contribution in [2.45, 2.75) is 23.9 Å². The highest BCUT2D eigenvalue weighted by Crippen LogP contribution is 2.53. The molecule has 3 atom stereocenters. The fraction of sp³-hybridized carbons (Fsp3) is 0.250. The van der Waals surface area contributed by atoms with Gasteiger partial charge < -0.3 is 4.74 Å². The summed E-state index contributed by atoms with van der Waals surface area (Å²) in [5, 5.41) is 2.75. The summed E-state index contributed by atoms with van der Waals surface area (Å²) in [6.07, 6.45) is -9.75. The van der Waals surface area contributed by atoms with Crippen LogP contribution in [0.4, 0.5) is 36.4 Å². The van der Waals surface area contributed by atoms with Crippen molar-refractivity contribution < 1.29 is 49.9 Å². The van der Waals surface area contributed by atoms with Gasteiger partial charge in [-0.2, -0.15) is 26.3 Å². The number of imide groups is 1. The molecule has 0 aromatic heterocycles. The number of methoxy groups -OCH3 is 1. The van der Waals surface area contributed by atoms with Crippen molar-refractivity contribution in [1.29, 1.82) is 0 Å². The fourth-order valence-electron chi connectivity index (χ4n) is 5.66. The number of nitrogens with one attached hydrogen (secondary N) is 1. The lowest BCUT2D eigenvalue weighted by molar-refractivity contribution is -0.145. The molecule has 0 bridgehead atoms. The van der Waals surface area contributed by atoms with Gasteiger partial charge in [-0.3, -0.25) is 19.7 Å². The van der Waals surface area contributed by atoms with E-state index in [1.165, 1.54) is 0 Å². The number of anilines is 1. The lowest BCUT2D eigenvalue weighted by Gasteiger charge is -2.37. The van der Waals surface area contributed by atoms with Gasteiger partial charge in [0.25, 0.3) is 0 Å². The van der Waals surface area contributed by atoms with Crippen LogP contribution in [0.1, 0.15) is 22.3 Å². The van der Waals surface area contributed by atoms with Crippen molar-refractivity contribution in [3.05, 3.63) is 101 Å². The molecule has 214 valence electrons. The maximum Gasteiger partial charge on any atom is 0.416 e. The molecule has 3 aromatic rings. The third-order valence-corrected chi connectivity index (χ3v) is 7.39. The molecule has 13 heteroatoms. The number of amides is 2. The molecule has 0 unspecified atom stereocenters. The molecule has 2 amide bonds. The van der Waals surface area contributed by atoms with E-state index in [2.05, 4.69) is 5.32 Å². The standard InChI is InChI=1S/C28H19F7N2O4/c1-41-25(40)22-20-21(24(39)37(23(20)38)19-10-8-18(29)9-11-19)26(36-22,14-4-2-6-16(12-14)27(30,31)32)15-5-3-7-17(13-15)28(33,34)35/h2-13,20-22,36H,1H3/t20-,21+,22-/m1/s1. The first-order valence-electron chi connectivity index (χ1n) is 12.0. The van der Waals surface area contributed by atoms with Gasteiger partial charge in [-0.25, -0.2) is 9.29 Å². The lowest BCUT2D eigenvalue weighted by Crippen LogP contribution is -2.52. The highest BCUT2D eigenvalue weighted by Gasteiger charge is 2.68. The molecular weight excluding hydrogens is 561 g/mol. The molecule has 0 saturated carbocycles. The van der Waals surface area contributed by atoms with Crippen LogP contribution in [0, 0.1) is 17.7 Å². The van der Waals surface area contributed by atoms with Gasteiger partial charge in [0.2, 0.25) is 11.8 Å². The number of ether oxygens (including phenoxy) is 1. The predicted octanol–water partition coefficient (Wildman–Crippen LogP) is 5.06. The number of carbonyl (C=O) groups is 3. The monoisotopic (exact) mass is 580 g/mol. The van der Waals surface area contributed by atoms with Crippen molar-refractivity contribution in [1.82, 2.24) is 5.32 Å². The van der Waals surface area contributed by atoms with Gasteiger partial charge >= 0.3 is 18.3 Å². The molecule has 2 saturated heterocycles. The highest BCUT2D eigenvalue weighted by atomic mass is 19.4. The summed E-state index contributed by atoms with van der Waals surface area (Å²) in [7, 11) is 0.979. The zero-order chi connectivity index (χ0) is 29.9. The second kappa shape index (κ2) is 9.68. The van der Waals surface area contributed by atoms with Gasteiger partial charge in [-0.1, -0.05) is 24.3 Å². The van der Waals surface area contributed by atoms with E-state index in [0.29, 0.717) is 17.0 Å². The van der Waals surface area contributed by atoms with E-state index < -0.39 is 70.5 Å². The van der Waals surface area contributed by atoms with Crippen LogP contribution in [0.15, 0.2) is 72.8 Å². The quantitative estimate of drug-likeness (QED) is 0.266. The SMILES string of the molecule is COC(=O)[C@@H]1NC(c2cccc(C(F)(F)F)c2)(c2cccc(C(F)(F)F)c2)[C@@H]2C(=O)N(c3ccc(F)cc3)C(=O)[C@H]21. The molecule has 1 N–H and O–H groups in total. The summed E-state index contributed by atoms with van der Waals surface area (Å²) in [6.45, 7) is 0. The first kappa shape index (κ1) is 28.3. The van der Waals surface area contributed by atoms with E-state index in [-0.39, 0.29) is 16.8 Å². The molecule has 2 aliphatic heterocycles. The number of halogens is 7. The Morgan fingerprint density at radius 2 is 1.34 bits per heavy atom. The molecule has 3 aromatic carbocycles. The van der Waals surface area contributed by atoms with E-state index in [0.717, 1.165) is 67.8 Å². The van der Waals surface area contributed by atoms with Crippen LogP contribution < -0.4 is 10.2 Å². The van der Waals surface area contributed by atoms with Gasteiger partial charge in [-0.05, 0) is 59.7 Å². The molecule has 6 nitrogen and oxygen atoms in total. The topological polar surface area (TPSA) is 75.7 Å². The Morgan fingerprint density at radius 1 is 0.829 bits per heavy atom. The van der Waals surface area contributed by atoms with Crippen LogP contribution in [0.3, 0.4) is 0 Å². The summed E-state index contributed by atoms with van der Waals surface area (Å²) in [4.78, 5) is 41.3. The van der Waals surface area contributed by atoms with Crippen LogP contribution in [-0.4, -0.2) is 30.9 Å². The number of nitrogens with zero attached hydrogens (tertiary/aromatic N) is 1. The van der Waals surface area contributed by atoms with Crippen LogP contribution in [0.25, 0.3) is 0 Å². The third-order valence-electron chi connectivity index (χ3n) is 7.39. The molecule has 41 heavy (non-hydrogen) atoms. The minimum atomic E-state index is -4.87. The number of benzene rings is 3. The van der Waals surface area contributed by atoms with E-state index in [9.17, 15) is 45.1 Å². The Morgan fingerprint density at radius 3 is 1.80 bits per heavy atom. The molecule has 2 aliphatic rings. The maximum atomic E-state index is 14.0. The maximum absolute atomic E-state index is 14.0. The Hall–Kier alpha value is -4.26. The summed E-state index contributed by atoms with van der Waals surface area (Å²) in [5.41, 5.74) is -5.29. The van der Waals surface area contributed by atoms with E-state index in [1.807, 2.05) is 0 Å². The number of carbonyl (C=O) groups excluding carboxylic acids is 3. The van der Waals surface area contributed by atoms with Crippen molar-refractivity contribution in [2.24, 2.45) is 11.8 Å². The molecule has 2 heterocycles. The first-order valence-corrected chi connectivity index (χ1v) is 12.0. The predicted molar refractivity (Wildman–Crippen MR) is 128 cm³/mol. The average molecular weight is 580 g/mol. The third kappa shape index (κ3) is 4.53. The van der Waals surface area contributed by atoms with Gasteiger partial charge in [0, 0.05) is 0 Å². The second-order valence-corrected chi connectivity index (χ2v) is 9.60. The summed E-state index contributed by atoms with van der Waals surface area (Å²) < 4.78 is 101. The number of rotatable bonds is 4. The Bertz CT molecular complexity index is 1480. The van der Waals surface area contributed by atoms with E-state index >= 15 is 0 Å².